The summed E-state index contributed by atoms with van der Waals surface area (Å²) in [6.45, 7) is 6.30. The number of hydrogen-bond acceptors (Lipinski definition) is 2. The molecular weight excluding hydrogens is 303 g/mol. The average Bonchev–Trinajstić information content (AvgIpc) is 2.55. The molecule has 3 nitrogen and oxygen atoms in total. The van der Waals surface area contributed by atoms with Gasteiger partial charge in [-0.1, -0.05) is 37.9 Å². The van der Waals surface area contributed by atoms with Crippen molar-refractivity contribution in [2.75, 3.05) is 13.1 Å². The number of carbonyl (C=O) groups excluding carboxylic acids is 1. The number of nitrogens with zero attached hydrogens (tertiary/aromatic N) is 1. The van der Waals surface area contributed by atoms with Crippen LogP contribution in [0.15, 0.2) is 18.2 Å². The van der Waals surface area contributed by atoms with Crippen molar-refractivity contribution in [2.45, 2.75) is 45.7 Å². The quantitative estimate of drug-likeness (QED) is 0.896. The van der Waals surface area contributed by atoms with Crippen molar-refractivity contribution in [3.63, 3.8) is 0 Å². The van der Waals surface area contributed by atoms with Gasteiger partial charge < -0.3 is 10.2 Å². The van der Waals surface area contributed by atoms with Crippen molar-refractivity contribution in [3.05, 3.63) is 34.6 Å². The van der Waals surface area contributed by atoms with Gasteiger partial charge in [-0.3, -0.25) is 4.79 Å². The molecule has 0 aromatic heterocycles. The number of halogens is 2. The maximum atomic E-state index is 13.5. The molecule has 1 amide bonds. The highest BCUT2D eigenvalue weighted by atomic mass is 35.5. The van der Waals surface area contributed by atoms with E-state index in [4.69, 9.17) is 11.6 Å². The van der Waals surface area contributed by atoms with Gasteiger partial charge in [0.1, 0.15) is 5.82 Å². The van der Waals surface area contributed by atoms with Gasteiger partial charge in [-0.2, -0.15) is 0 Å². The highest BCUT2D eigenvalue weighted by Crippen LogP contribution is 2.22. The molecule has 122 valence electrons. The molecule has 0 radical (unpaired) electrons. The molecule has 5 heteroatoms. The molecule has 0 unspecified atom stereocenters. The summed E-state index contributed by atoms with van der Waals surface area (Å²) < 4.78 is 13.5. The first-order chi connectivity index (χ1) is 10.5. The zero-order valence-corrected chi connectivity index (χ0v) is 14.0. The summed E-state index contributed by atoms with van der Waals surface area (Å²) >= 11 is 5.70. The van der Waals surface area contributed by atoms with Crippen LogP contribution in [0.1, 0.15) is 38.7 Å². The SMILES string of the molecule is CCC(=O)N1CC[C@H](NCc2ccc(Cl)c(F)c2)[C@@H](CC)C1. The molecule has 1 aliphatic heterocycles. The predicted octanol–water partition coefficient (Wildman–Crippen LogP) is 3.61. The fourth-order valence-electron chi connectivity index (χ4n) is 3.06. The highest BCUT2D eigenvalue weighted by molar-refractivity contribution is 6.30. The number of hydrogen-bond donors (Lipinski definition) is 1. The Kier molecular flexibility index (Phi) is 6.21. The molecule has 0 bridgehead atoms. The minimum atomic E-state index is -0.378. The molecule has 1 N–H and O–H groups in total. The van der Waals surface area contributed by atoms with Gasteiger partial charge in [0.05, 0.1) is 5.02 Å². The Morgan fingerprint density at radius 1 is 1.45 bits per heavy atom. The maximum absolute atomic E-state index is 13.5. The third-order valence-electron chi connectivity index (χ3n) is 4.47. The molecule has 0 spiro atoms. The van der Waals surface area contributed by atoms with Crippen LogP contribution in [-0.4, -0.2) is 29.9 Å². The second-order valence-corrected chi connectivity index (χ2v) is 6.29. The summed E-state index contributed by atoms with van der Waals surface area (Å²) in [6.07, 6.45) is 2.54. The van der Waals surface area contributed by atoms with Gasteiger partial charge in [-0.05, 0) is 30.0 Å². The third kappa shape index (κ3) is 4.20. The Morgan fingerprint density at radius 3 is 2.86 bits per heavy atom. The van der Waals surface area contributed by atoms with Gasteiger partial charge >= 0.3 is 0 Å². The van der Waals surface area contributed by atoms with Crippen molar-refractivity contribution in [1.29, 1.82) is 0 Å². The lowest BCUT2D eigenvalue weighted by atomic mass is 9.89. The van der Waals surface area contributed by atoms with Crippen LogP contribution in [0.25, 0.3) is 0 Å². The first-order valence-electron chi connectivity index (χ1n) is 8.00. The Morgan fingerprint density at radius 2 is 2.23 bits per heavy atom. The third-order valence-corrected chi connectivity index (χ3v) is 4.77. The molecule has 0 saturated carbocycles. The smallest absolute Gasteiger partial charge is 0.222 e. The van der Waals surface area contributed by atoms with Crippen LogP contribution in [0, 0.1) is 11.7 Å². The summed E-state index contributed by atoms with van der Waals surface area (Å²) in [6, 6.07) is 5.28. The largest absolute Gasteiger partial charge is 0.342 e. The second-order valence-electron chi connectivity index (χ2n) is 5.89. The fraction of sp³-hybridized carbons (Fsp3) is 0.588. The van der Waals surface area contributed by atoms with Crippen LogP contribution in [0.2, 0.25) is 5.02 Å². The zero-order valence-electron chi connectivity index (χ0n) is 13.2. The molecule has 1 saturated heterocycles. The van der Waals surface area contributed by atoms with Gasteiger partial charge in [0, 0.05) is 32.1 Å². The molecule has 1 aromatic rings. The Bertz CT molecular complexity index is 523. The van der Waals surface area contributed by atoms with E-state index in [1.54, 1.807) is 6.07 Å². The molecule has 0 aliphatic carbocycles. The van der Waals surface area contributed by atoms with Gasteiger partial charge in [-0.25, -0.2) is 4.39 Å². The Hall–Kier alpha value is -1.13. The number of likely N-dealkylation sites (tertiary alicyclic amines) is 1. The van der Waals surface area contributed by atoms with E-state index in [9.17, 15) is 9.18 Å². The van der Waals surface area contributed by atoms with Crippen molar-refractivity contribution in [1.82, 2.24) is 10.2 Å². The molecule has 1 fully saturated rings. The molecule has 2 atom stereocenters. The van der Waals surface area contributed by atoms with E-state index >= 15 is 0 Å². The minimum Gasteiger partial charge on any atom is -0.342 e. The molecule has 1 heterocycles. The van der Waals surface area contributed by atoms with Crippen LogP contribution in [-0.2, 0) is 11.3 Å². The first-order valence-corrected chi connectivity index (χ1v) is 8.38. The Balaban J connectivity index is 1.92. The van der Waals surface area contributed by atoms with E-state index in [2.05, 4.69) is 12.2 Å². The van der Waals surface area contributed by atoms with Crippen molar-refractivity contribution >= 4 is 17.5 Å². The molecule has 1 aromatic carbocycles. The van der Waals surface area contributed by atoms with Crippen molar-refractivity contribution < 1.29 is 9.18 Å². The van der Waals surface area contributed by atoms with Crippen LogP contribution in [0.3, 0.4) is 0 Å². The number of carbonyl (C=O) groups is 1. The zero-order chi connectivity index (χ0) is 16.1. The first kappa shape index (κ1) is 17.2. The molecule has 2 rings (SSSR count). The van der Waals surface area contributed by atoms with Crippen LogP contribution in [0.5, 0.6) is 0 Å². The van der Waals surface area contributed by atoms with Gasteiger partial charge in [0.25, 0.3) is 0 Å². The summed E-state index contributed by atoms with van der Waals surface area (Å²) in [5, 5.41) is 3.67. The highest BCUT2D eigenvalue weighted by Gasteiger charge is 2.29. The standard InChI is InChI=1S/C17H24ClFN2O/c1-3-13-11-21(17(22)4-2)8-7-16(13)20-10-12-5-6-14(18)15(19)9-12/h5-6,9,13,16,20H,3-4,7-8,10-11H2,1-2H3/t13-,16-/m0/s1. The van der Waals surface area contributed by atoms with Gasteiger partial charge in [0.15, 0.2) is 0 Å². The number of piperidine rings is 1. The second kappa shape index (κ2) is 7.93. The van der Waals surface area contributed by atoms with Crippen LogP contribution in [0.4, 0.5) is 4.39 Å². The minimum absolute atomic E-state index is 0.154. The van der Waals surface area contributed by atoms with E-state index in [1.807, 2.05) is 17.9 Å². The van der Waals surface area contributed by atoms with Crippen molar-refractivity contribution in [2.24, 2.45) is 5.92 Å². The maximum Gasteiger partial charge on any atom is 0.222 e. The molecule has 22 heavy (non-hydrogen) atoms. The van der Waals surface area contributed by atoms with E-state index in [-0.39, 0.29) is 16.7 Å². The Labute approximate surface area is 136 Å². The van der Waals surface area contributed by atoms with Gasteiger partial charge in [-0.15, -0.1) is 0 Å². The normalized spacial score (nSPS) is 21.9. The summed E-state index contributed by atoms with van der Waals surface area (Å²) in [5.74, 6) is 0.300. The number of rotatable bonds is 5. The van der Waals surface area contributed by atoms with E-state index < -0.39 is 0 Å². The summed E-state index contributed by atoms with van der Waals surface area (Å²) in [4.78, 5) is 13.8. The lowest BCUT2D eigenvalue weighted by Gasteiger charge is -2.38. The van der Waals surface area contributed by atoms with Crippen LogP contribution < -0.4 is 5.32 Å². The molecule has 1 aliphatic rings. The topological polar surface area (TPSA) is 32.3 Å². The summed E-state index contributed by atoms with van der Waals surface area (Å²) in [7, 11) is 0. The number of amides is 1. The lowest BCUT2D eigenvalue weighted by Crippen LogP contribution is -2.50. The molecular formula is C17H24ClFN2O. The number of nitrogens with one attached hydrogen (secondary N) is 1. The summed E-state index contributed by atoms with van der Waals surface area (Å²) in [5.41, 5.74) is 0.892. The van der Waals surface area contributed by atoms with Crippen LogP contribution >= 0.6 is 11.6 Å². The van der Waals surface area contributed by atoms with E-state index in [0.717, 1.165) is 31.5 Å². The van der Waals surface area contributed by atoms with E-state index in [1.165, 1.54) is 6.07 Å². The lowest BCUT2D eigenvalue weighted by molar-refractivity contribution is -0.133. The van der Waals surface area contributed by atoms with Crippen molar-refractivity contribution in [3.8, 4) is 0 Å². The van der Waals surface area contributed by atoms with E-state index in [0.29, 0.717) is 24.9 Å². The fourth-order valence-corrected chi connectivity index (χ4v) is 3.18. The number of benzene rings is 1. The average molecular weight is 327 g/mol. The van der Waals surface area contributed by atoms with Gasteiger partial charge in [0.2, 0.25) is 5.91 Å². The predicted molar refractivity (Wildman–Crippen MR) is 87.3 cm³/mol. The monoisotopic (exact) mass is 326 g/mol.